The van der Waals surface area contributed by atoms with E-state index in [2.05, 4.69) is 13.0 Å². The normalized spacial score (nSPS) is 19.6. The fourth-order valence-corrected chi connectivity index (χ4v) is 4.41. The number of carbonyl (C=O) groups is 2. The molecule has 2 aromatic carbocycles. The maximum Gasteiger partial charge on any atom is 0.241 e. The molecule has 0 aromatic heterocycles. The van der Waals surface area contributed by atoms with Crippen LogP contribution in [0.25, 0.3) is 0 Å². The molecule has 2 aromatic rings. The van der Waals surface area contributed by atoms with Gasteiger partial charge in [-0.1, -0.05) is 25.1 Å². The van der Waals surface area contributed by atoms with E-state index in [1.165, 1.54) is 17.5 Å². The molecule has 0 saturated carbocycles. The minimum absolute atomic E-state index is 0.0964. The molecule has 1 atom stereocenters. The molecule has 2 amide bonds. The van der Waals surface area contributed by atoms with Gasteiger partial charge in [-0.15, -0.1) is 0 Å². The van der Waals surface area contributed by atoms with Crippen LogP contribution in [0.15, 0.2) is 36.4 Å². The second kappa shape index (κ2) is 6.84. The second-order valence-corrected chi connectivity index (χ2v) is 7.80. The Kier molecular flexibility index (Phi) is 4.50. The highest BCUT2D eigenvalue weighted by molar-refractivity contribution is 6.18. The van der Waals surface area contributed by atoms with E-state index in [0.29, 0.717) is 12.5 Å². The molecule has 4 rings (SSSR count). The minimum atomic E-state index is -0.161. The molecule has 0 radical (unpaired) electrons. The van der Waals surface area contributed by atoms with Crippen LogP contribution in [-0.4, -0.2) is 18.4 Å². The Morgan fingerprint density at radius 1 is 1.11 bits per heavy atom. The summed E-state index contributed by atoms with van der Waals surface area (Å²) in [5.74, 6) is 0.321. The van der Waals surface area contributed by atoms with Crippen LogP contribution < -0.4 is 9.80 Å². The lowest BCUT2D eigenvalue weighted by molar-refractivity contribution is -0.125. The number of benzene rings is 2. The van der Waals surface area contributed by atoms with Gasteiger partial charge < -0.3 is 4.90 Å². The summed E-state index contributed by atoms with van der Waals surface area (Å²) in [6.45, 7) is 6.84. The summed E-state index contributed by atoms with van der Waals surface area (Å²) < 4.78 is 0. The van der Waals surface area contributed by atoms with Crippen molar-refractivity contribution in [1.29, 1.82) is 0 Å². The maximum absolute atomic E-state index is 13.1. The SMILES string of the molecule is CCN1C(=O)CC(=O)N(c2cccc(C)c2)c2ccc3c(c21)CC(C)CC3. The first-order chi connectivity index (χ1) is 13.0. The van der Waals surface area contributed by atoms with E-state index >= 15 is 0 Å². The van der Waals surface area contributed by atoms with Gasteiger partial charge in [0.1, 0.15) is 6.42 Å². The van der Waals surface area contributed by atoms with E-state index in [9.17, 15) is 9.59 Å². The summed E-state index contributed by atoms with van der Waals surface area (Å²) in [5.41, 5.74) is 6.27. The summed E-state index contributed by atoms with van der Waals surface area (Å²) in [6.07, 6.45) is 3.07. The lowest BCUT2D eigenvalue weighted by Gasteiger charge is -2.32. The average molecular weight is 362 g/mol. The molecule has 0 saturated heterocycles. The standard InChI is InChI=1S/C23H26N2O2/c1-4-24-21(26)14-22(27)25(18-7-5-6-15(2)12-18)20-11-10-17-9-8-16(3)13-19(17)23(20)24/h5-7,10-12,16H,4,8-9,13-14H2,1-3H3. The lowest BCUT2D eigenvalue weighted by Crippen LogP contribution is -2.32. The minimum Gasteiger partial charge on any atom is -0.310 e. The van der Waals surface area contributed by atoms with Gasteiger partial charge in [0.05, 0.1) is 11.4 Å². The number of rotatable bonds is 2. The first-order valence-corrected chi connectivity index (χ1v) is 9.84. The van der Waals surface area contributed by atoms with E-state index < -0.39 is 0 Å². The zero-order chi connectivity index (χ0) is 19.1. The topological polar surface area (TPSA) is 40.6 Å². The van der Waals surface area contributed by atoms with Crippen molar-refractivity contribution in [2.24, 2.45) is 5.92 Å². The number of anilines is 3. The predicted octanol–water partition coefficient (Wildman–Crippen LogP) is 4.54. The lowest BCUT2D eigenvalue weighted by atomic mass is 9.83. The van der Waals surface area contributed by atoms with Gasteiger partial charge >= 0.3 is 0 Å². The zero-order valence-corrected chi connectivity index (χ0v) is 16.3. The predicted molar refractivity (Wildman–Crippen MR) is 109 cm³/mol. The molecule has 1 unspecified atom stereocenters. The molecule has 1 aliphatic heterocycles. The van der Waals surface area contributed by atoms with Crippen molar-refractivity contribution in [3.05, 3.63) is 53.1 Å². The van der Waals surface area contributed by atoms with E-state index in [4.69, 9.17) is 0 Å². The number of aryl methyl sites for hydroxylation is 2. The van der Waals surface area contributed by atoms with Gasteiger partial charge in [-0.25, -0.2) is 0 Å². The number of carbonyl (C=O) groups excluding carboxylic acids is 2. The smallest absolute Gasteiger partial charge is 0.241 e. The fourth-order valence-electron chi connectivity index (χ4n) is 4.41. The molecule has 27 heavy (non-hydrogen) atoms. The fraction of sp³-hybridized carbons (Fsp3) is 0.391. The Hall–Kier alpha value is -2.62. The van der Waals surface area contributed by atoms with Gasteiger partial charge in [0.15, 0.2) is 0 Å². The van der Waals surface area contributed by atoms with Crippen molar-refractivity contribution in [3.8, 4) is 0 Å². The van der Waals surface area contributed by atoms with Crippen LogP contribution in [0.4, 0.5) is 17.1 Å². The monoisotopic (exact) mass is 362 g/mol. The third kappa shape index (κ3) is 3.03. The molecular weight excluding hydrogens is 336 g/mol. The van der Waals surface area contributed by atoms with Gasteiger partial charge in [-0.2, -0.15) is 0 Å². The Morgan fingerprint density at radius 3 is 2.67 bits per heavy atom. The summed E-state index contributed by atoms with van der Waals surface area (Å²) in [6, 6.07) is 12.1. The van der Waals surface area contributed by atoms with Crippen LogP contribution in [0, 0.1) is 12.8 Å². The molecule has 4 heteroatoms. The number of nitrogens with zero attached hydrogens (tertiary/aromatic N) is 2. The first-order valence-electron chi connectivity index (χ1n) is 9.84. The highest BCUT2D eigenvalue weighted by Gasteiger charge is 2.35. The first kappa shape index (κ1) is 17.8. The average Bonchev–Trinajstić information content (AvgIpc) is 2.74. The Bertz CT molecular complexity index is 919. The summed E-state index contributed by atoms with van der Waals surface area (Å²) in [7, 11) is 0. The molecule has 0 spiro atoms. The summed E-state index contributed by atoms with van der Waals surface area (Å²) in [5, 5.41) is 0. The van der Waals surface area contributed by atoms with Crippen molar-refractivity contribution in [2.45, 2.75) is 46.5 Å². The third-order valence-corrected chi connectivity index (χ3v) is 5.76. The van der Waals surface area contributed by atoms with Gasteiger partial charge in [0.25, 0.3) is 0 Å². The van der Waals surface area contributed by atoms with Crippen molar-refractivity contribution in [1.82, 2.24) is 0 Å². The van der Waals surface area contributed by atoms with Crippen LogP contribution in [0.2, 0.25) is 0 Å². The number of amides is 2. The molecule has 0 N–H and O–H groups in total. The Morgan fingerprint density at radius 2 is 1.93 bits per heavy atom. The van der Waals surface area contributed by atoms with Crippen LogP contribution in [0.1, 0.15) is 43.4 Å². The molecule has 1 aliphatic carbocycles. The van der Waals surface area contributed by atoms with Gasteiger partial charge in [-0.3, -0.25) is 14.5 Å². The van der Waals surface area contributed by atoms with Crippen LogP contribution in [-0.2, 0) is 22.4 Å². The number of hydrogen-bond acceptors (Lipinski definition) is 2. The largest absolute Gasteiger partial charge is 0.310 e. The van der Waals surface area contributed by atoms with E-state index in [-0.39, 0.29) is 18.2 Å². The number of hydrogen-bond donors (Lipinski definition) is 0. The quantitative estimate of drug-likeness (QED) is 0.736. The van der Waals surface area contributed by atoms with Crippen LogP contribution in [0.5, 0.6) is 0 Å². The summed E-state index contributed by atoms with van der Waals surface area (Å²) >= 11 is 0. The van der Waals surface area contributed by atoms with Crippen molar-refractivity contribution in [2.75, 3.05) is 16.3 Å². The zero-order valence-electron chi connectivity index (χ0n) is 16.3. The van der Waals surface area contributed by atoms with E-state index in [1.807, 2.05) is 49.1 Å². The van der Waals surface area contributed by atoms with E-state index in [1.54, 1.807) is 4.90 Å². The maximum atomic E-state index is 13.1. The molecule has 140 valence electrons. The highest BCUT2D eigenvalue weighted by atomic mass is 16.2. The molecule has 1 heterocycles. The molecule has 0 fully saturated rings. The highest BCUT2D eigenvalue weighted by Crippen LogP contribution is 2.44. The Balaban J connectivity index is 1.98. The van der Waals surface area contributed by atoms with E-state index in [0.717, 1.165) is 35.5 Å². The van der Waals surface area contributed by atoms with Crippen LogP contribution >= 0.6 is 0 Å². The van der Waals surface area contributed by atoms with Gasteiger partial charge in [0, 0.05) is 12.2 Å². The van der Waals surface area contributed by atoms with Crippen molar-refractivity contribution >= 4 is 28.9 Å². The molecule has 0 bridgehead atoms. The van der Waals surface area contributed by atoms with Crippen molar-refractivity contribution in [3.63, 3.8) is 0 Å². The Labute approximate surface area is 160 Å². The van der Waals surface area contributed by atoms with Crippen molar-refractivity contribution < 1.29 is 9.59 Å². The molecule has 2 aliphatic rings. The van der Waals surface area contributed by atoms with Gasteiger partial charge in [-0.05, 0) is 73.9 Å². The second-order valence-electron chi connectivity index (χ2n) is 7.80. The molecule has 4 nitrogen and oxygen atoms in total. The third-order valence-electron chi connectivity index (χ3n) is 5.76. The van der Waals surface area contributed by atoms with Crippen LogP contribution in [0.3, 0.4) is 0 Å². The number of fused-ring (bicyclic) bond motifs is 3. The molecular formula is C23H26N2O2. The summed E-state index contributed by atoms with van der Waals surface area (Å²) in [4.78, 5) is 29.5. The van der Waals surface area contributed by atoms with Gasteiger partial charge in [0.2, 0.25) is 11.8 Å².